The molecule has 8 aromatic rings. The van der Waals surface area contributed by atoms with Gasteiger partial charge in [-0.25, -0.2) is 0 Å². The summed E-state index contributed by atoms with van der Waals surface area (Å²) in [5.41, 5.74) is 20.9. The van der Waals surface area contributed by atoms with Crippen molar-refractivity contribution in [2.24, 2.45) is 0 Å². The van der Waals surface area contributed by atoms with Crippen molar-refractivity contribution in [1.82, 2.24) is 0 Å². The summed E-state index contributed by atoms with van der Waals surface area (Å²) in [5.74, 6) is 0. The predicted octanol–water partition coefficient (Wildman–Crippen LogP) is 14.4. The molecule has 0 spiro atoms. The van der Waals surface area contributed by atoms with Gasteiger partial charge in [-0.1, -0.05) is 202 Å². The lowest BCUT2D eigenvalue weighted by molar-refractivity contribution is 0.569. The van der Waals surface area contributed by atoms with Gasteiger partial charge in [0.25, 0.3) is 6.71 Å². The molecule has 0 N–H and O–H groups in total. The molecule has 0 saturated heterocycles. The van der Waals surface area contributed by atoms with Crippen LogP contribution in [0.15, 0.2) is 188 Å². The second-order valence-electron chi connectivity index (χ2n) is 21.6. The van der Waals surface area contributed by atoms with Crippen LogP contribution in [0.5, 0.6) is 0 Å². The monoisotopic (exact) mass is 844 g/mol. The number of nitrogens with zero attached hydrogens (tertiary/aromatic N) is 2. The highest BCUT2D eigenvalue weighted by molar-refractivity contribution is 7.00. The van der Waals surface area contributed by atoms with Crippen LogP contribution >= 0.6 is 0 Å². The van der Waals surface area contributed by atoms with E-state index in [1.54, 1.807) is 0 Å². The number of anilines is 6. The van der Waals surface area contributed by atoms with E-state index in [4.69, 9.17) is 0 Å². The summed E-state index contributed by atoms with van der Waals surface area (Å²) in [6.45, 7) is 23.4. The molecule has 10 rings (SSSR count). The Morgan fingerprint density at radius 1 is 0.323 bits per heavy atom. The molecule has 2 aliphatic rings. The van der Waals surface area contributed by atoms with Crippen LogP contribution in [0.2, 0.25) is 0 Å². The van der Waals surface area contributed by atoms with Crippen molar-refractivity contribution in [3.05, 3.63) is 233 Å². The summed E-state index contributed by atoms with van der Waals surface area (Å²) in [4.78, 5) is 5.15. The van der Waals surface area contributed by atoms with Gasteiger partial charge in [0, 0.05) is 34.1 Å². The van der Waals surface area contributed by atoms with E-state index >= 15 is 0 Å². The van der Waals surface area contributed by atoms with E-state index in [2.05, 4.69) is 267 Å². The zero-order valence-corrected chi connectivity index (χ0v) is 39.9. The predicted molar refractivity (Wildman–Crippen MR) is 280 cm³/mol. The third-order valence-corrected chi connectivity index (χ3v) is 14.1. The van der Waals surface area contributed by atoms with Crippen molar-refractivity contribution in [2.45, 2.75) is 90.9 Å². The van der Waals surface area contributed by atoms with Gasteiger partial charge in [0.2, 0.25) is 0 Å². The standard InChI is InChI=1S/C62H61BN2/c1-42-36-56-58-57(37-42)65(51-39-48(60(5,6)7)38-49(40-51)61(8,9)10)55-41-47(59(2,3)4)32-35-53(55)63(58)52-28-20-21-29-54(52)64(56)50-33-30-46(31-34-50)62(43-22-14-11-15-23-43,44-24-16-12-17-25-44)45-26-18-13-19-27-45/h11-41H,1-10H3. The summed E-state index contributed by atoms with van der Waals surface area (Å²) in [6.07, 6.45) is 0. The summed E-state index contributed by atoms with van der Waals surface area (Å²) in [6, 6.07) is 71.2. The molecule has 2 aliphatic heterocycles. The first-order chi connectivity index (χ1) is 31.0. The number of aryl methyl sites for hydroxylation is 1. The number of benzene rings is 8. The van der Waals surface area contributed by atoms with Crippen LogP contribution in [0.3, 0.4) is 0 Å². The van der Waals surface area contributed by atoms with Crippen LogP contribution < -0.4 is 26.2 Å². The van der Waals surface area contributed by atoms with E-state index in [9.17, 15) is 0 Å². The van der Waals surface area contributed by atoms with Gasteiger partial charge in [-0.3, -0.25) is 0 Å². The molecule has 0 aromatic heterocycles. The maximum absolute atomic E-state index is 2.61. The molecular weight excluding hydrogens is 784 g/mol. The summed E-state index contributed by atoms with van der Waals surface area (Å²) in [7, 11) is 0. The largest absolute Gasteiger partial charge is 0.311 e. The number of fused-ring (bicyclic) bond motifs is 4. The van der Waals surface area contributed by atoms with Gasteiger partial charge in [-0.05, 0) is 133 Å². The number of rotatable bonds is 6. The highest BCUT2D eigenvalue weighted by atomic mass is 15.2. The van der Waals surface area contributed by atoms with Crippen LogP contribution in [0.25, 0.3) is 0 Å². The molecular formula is C62H61BN2. The first-order valence-electron chi connectivity index (χ1n) is 23.5. The zero-order valence-electron chi connectivity index (χ0n) is 39.9. The first kappa shape index (κ1) is 42.4. The summed E-state index contributed by atoms with van der Waals surface area (Å²) >= 11 is 0. The molecule has 0 radical (unpaired) electrons. The van der Waals surface area contributed by atoms with Gasteiger partial charge in [0.15, 0.2) is 0 Å². The summed E-state index contributed by atoms with van der Waals surface area (Å²) < 4.78 is 0. The molecule has 2 heterocycles. The Balaban J connectivity index is 1.22. The van der Waals surface area contributed by atoms with E-state index in [-0.39, 0.29) is 23.0 Å². The topological polar surface area (TPSA) is 6.48 Å². The second-order valence-corrected chi connectivity index (χ2v) is 21.6. The minimum atomic E-state index is -0.528. The average molecular weight is 845 g/mol. The van der Waals surface area contributed by atoms with Crippen LogP contribution in [0.4, 0.5) is 34.1 Å². The lowest BCUT2D eigenvalue weighted by Crippen LogP contribution is -2.61. The van der Waals surface area contributed by atoms with Crippen molar-refractivity contribution >= 4 is 57.2 Å². The molecule has 0 aliphatic carbocycles. The molecule has 8 aromatic carbocycles. The Bertz CT molecular complexity index is 2910. The van der Waals surface area contributed by atoms with Crippen molar-refractivity contribution < 1.29 is 0 Å². The molecule has 2 nitrogen and oxygen atoms in total. The van der Waals surface area contributed by atoms with Gasteiger partial charge in [-0.15, -0.1) is 0 Å². The van der Waals surface area contributed by atoms with Crippen LogP contribution in [0, 0.1) is 6.92 Å². The molecule has 322 valence electrons. The van der Waals surface area contributed by atoms with Gasteiger partial charge < -0.3 is 9.80 Å². The Hall–Kier alpha value is -6.58. The quantitative estimate of drug-likeness (QED) is 0.122. The Kier molecular flexibility index (Phi) is 10.1. The normalized spacial score (nSPS) is 13.6. The fourth-order valence-corrected chi connectivity index (χ4v) is 10.6. The average Bonchev–Trinajstić information content (AvgIpc) is 3.29. The third kappa shape index (κ3) is 7.12. The van der Waals surface area contributed by atoms with Crippen molar-refractivity contribution in [1.29, 1.82) is 0 Å². The van der Waals surface area contributed by atoms with E-state index in [0.29, 0.717) is 0 Å². The molecule has 0 fully saturated rings. The minimum Gasteiger partial charge on any atom is -0.311 e. The number of para-hydroxylation sites is 1. The maximum Gasteiger partial charge on any atom is 0.252 e. The number of hydrogen-bond donors (Lipinski definition) is 0. The molecule has 0 amide bonds. The molecule has 0 bridgehead atoms. The van der Waals surface area contributed by atoms with E-state index in [0.717, 1.165) is 5.69 Å². The zero-order chi connectivity index (χ0) is 45.5. The minimum absolute atomic E-state index is 0.0187. The van der Waals surface area contributed by atoms with Gasteiger partial charge in [-0.2, -0.15) is 0 Å². The third-order valence-electron chi connectivity index (χ3n) is 14.1. The van der Waals surface area contributed by atoms with E-state index in [1.807, 2.05) is 0 Å². The fourth-order valence-electron chi connectivity index (χ4n) is 10.6. The Morgan fingerprint density at radius 2 is 0.738 bits per heavy atom. The van der Waals surface area contributed by atoms with Crippen molar-refractivity contribution in [3.8, 4) is 0 Å². The van der Waals surface area contributed by atoms with E-state index < -0.39 is 5.41 Å². The van der Waals surface area contributed by atoms with Gasteiger partial charge in [0.1, 0.15) is 0 Å². The van der Waals surface area contributed by atoms with Gasteiger partial charge in [0.05, 0.1) is 5.41 Å². The summed E-state index contributed by atoms with van der Waals surface area (Å²) in [5, 5.41) is 0. The number of hydrogen-bond acceptors (Lipinski definition) is 2. The lowest BCUT2D eigenvalue weighted by atomic mass is 9.33. The highest BCUT2D eigenvalue weighted by Gasteiger charge is 2.44. The molecule has 65 heavy (non-hydrogen) atoms. The Morgan fingerprint density at radius 3 is 1.23 bits per heavy atom. The molecule has 0 atom stereocenters. The van der Waals surface area contributed by atoms with Crippen molar-refractivity contribution in [3.63, 3.8) is 0 Å². The smallest absolute Gasteiger partial charge is 0.252 e. The molecule has 0 saturated carbocycles. The van der Waals surface area contributed by atoms with Gasteiger partial charge >= 0.3 is 0 Å². The first-order valence-corrected chi connectivity index (χ1v) is 23.5. The second kappa shape index (κ2) is 15.6. The van der Waals surface area contributed by atoms with Crippen LogP contribution in [-0.2, 0) is 21.7 Å². The maximum atomic E-state index is 2.61. The Labute approximate surface area is 388 Å². The molecule has 3 heteroatoms. The SMILES string of the molecule is Cc1cc2c3c(c1)N(c1cc(C(C)(C)C)cc(C(C)(C)C)c1)c1cc(C(C)(C)C)ccc1B3c1ccccc1N2c1ccc(C(c2ccccc2)(c2ccccc2)c2ccccc2)cc1. The lowest BCUT2D eigenvalue weighted by Gasteiger charge is -2.45. The van der Waals surface area contributed by atoms with Crippen LogP contribution in [0.1, 0.15) is 107 Å². The highest BCUT2D eigenvalue weighted by Crippen LogP contribution is 2.49. The van der Waals surface area contributed by atoms with E-state index in [1.165, 1.54) is 89.3 Å². The fraction of sp³-hybridized carbons (Fsp3) is 0.226. The van der Waals surface area contributed by atoms with Crippen molar-refractivity contribution in [2.75, 3.05) is 9.80 Å². The molecule has 0 unspecified atom stereocenters. The van der Waals surface area contributed by atoms with Crippen LogP contribution in [-0.4, -0.2) is 6.71 Å².